The first-order valence-electron chi connectivity index (χ1n) is 7.83. The highest BCUT2D eigenvalue weighted by molar-refractivity contribution is 7.89. The van der Waals surface area contributed by atoms with Crippen molar-refractivity contribution in [1.29, 1.82) is 0 Å². The number of carbonyl (C=O) groups excluding carboxylic acids is 1. The molecule has 1 aromatic heterocycles. The van der Waals surface area contributed by atoms with Gasteiger partial charge in [0, 0.05) is 20.3 Å². The van der Waals surface area contributed by atoms with Crippen LogP contribution >= 0.6 is 0 Å². The summed E-state index contributed by atoms with van der Waals surface area (Å²) in [4.78, 5) is 12.5. The first kappa shape index (κ1) is 17.8. The SMILES string of the molecule is CN(C)S(=O)(=O)c1ccccc1NC(=O)c1ccn(-c2ccccc2)n1. The summed E-state index contributed by atoms with van der Waals surface area (Å²) in [6.45, 7) is 0. The van der Waals surface area contributed by atoms with Crippen LogP contribution in [0.3, 0.4) is 0 Å². The Hall–Kier alpha value is -2.97. The molecule has 0 unspecified atom stereocenters. The highest BCUT2D eigenvalue weighted by Crippen LogP contribution is 2.23. The lowest BCUT2D eigenvalue weighted by Crippen LogP contribution is -2.24. The highest BCUT2D eigenvalue weighted by Gasteiger charge is 2.22. The Morgan fingerprint density at radius 2 is 1.65 bits per heavy atom. The number of carbonyl (C=O) groups is 1. The second kappa shape index (κ2) is 7.11. The molecule has 0 radical (unpaired) electrons. The Morgan fingerprint density at radius 3 is 2.35 bits per heavy atom. The van der Waals surface area contributed by atoms with Gasteiger partial charge in [-0.1, -0.05) is 30.3 Å². The summed E-state index contributed by atoms with van der Waals surface area (Å²) in [6, 6.07) is 17.2. The first-order chi connectivity index (χ1) is 12.4. The number of nitrogens with one attached hydrogen (secondary N) is 1. The number of rotatable bonds is 5. The summed E-state index contributed by atoms with van der Waals surface area (Å²) in [5.74, 6) is -0.485. The van der Waals surface area contributed by atoms with Crippen LogP contribution in [-0.4, -0.2) is 42.5 Å². The number of amides is 1. The fourth-order valence-electron chi connectivity index (χ4n) is 2.35. The summed E-state index contributed by atoms with van der Waals surface area (Å²) < 4.78 is 27.5. The van der Waals surface area contributed by atoms with Crippen molar-refractivity contribution in [3.05, 3.63) is 72.6 Å². The molecule has 26 heavy (non-hydrogen) atoms. The molecule has 0 atom stereocenters. The molecule has 1 heterocycles. The van der Waals surface area contributed by atoms with E-state index in [9.17, 15) is 13.2 Å². The van der Waals surface area contributed by atoms with Gasteiger partial charge in [-0.2, -0.15) is 5.10 Å². The van der Waals surface area contributed by atoms with E-state index in [-0.39, 0.29) is 16.3 Å². The van der Waals surface area contributed by atoms with E-state index in [0.29, 0.717) is 0 Å². The molecule has 7 nitrogen and oxygen atoms in total. The van der Waals surface area contributed by atoms with E-state index in [1.165, 1.54) is 20.2 Å². The summed E-state index contributed by atoms with van der Waals surface area (Å²) in [7, 11) is -0.800. The third-order valence-electron chi connectivity index (χ3n) is 3.74. The minimum absolute atomic E-state index is 0.0286. The van der Waals surface area contributed by atoms with Gasteiger partial charge in [-0.05, 0) is 30.3 Å². The van der Waals surface area contributed by atoms with Crippen LogP contribution in [0.2, 0.25) is 0 Å². The van der Waals surface area contributed by atoms with Gasteiger partial charge in [0.2, 0.25) is 10.0 Å². The van der Waals surface area contributed by atoms with Crippen LogP contribution in [-0.2, 0) is 10.0 Å². The predicted octanol–water partition coefficient (Wildman–Crippen LogP) is 2.37. The number of nitrogens with zero attached hydrogens (tertiary/aromatic N) is 3. The standard InChI is InChI=1S/C18H18N4O3S/c1-21(2)26(24,25)17-11-7-6-10-15(17)19-18(23)16-12-13-22(20-16)14-8-4-3-5-9-14/h3-13H,1-2H3,(H,19,23). The van der Waals surface area contributed by atoms with E-state index in [2.05, 4.69) is 10.4 Å². The van der Waals surface area contributed by atoms with E-state index < -0.39 is 15.9 Å². The van der Waals surface area contributed by atoms with Crippen LogP contribution in [0.1, 0.15) is 10.5 Å². The van der Waals surface area contributed by atoms with E-state index >= 15 is 0 Å². The van der Waals surface area contributed by atoms with E-state index in [1.54, 1.807) is 35.1 Å². The van der Waals surface area contributed by atoms with E-state index in [1.807, 2.05) is 30.3 Å². The maximum absolute atomic E-state index is 12.5. The normalized spacial score (nSPS) is 11.5. The van der Waals surface area contributed by atoms with Crippen molar-refractivity contribution in [1.82, 2.24) is 14.1 Å². The van der Waals surface area contributed by atoms with Gasteiger partial charge in [0.25, 0.3) is 5.91 Å². The van der Waals surface area contributed by atoms with Crippen molar-refractivity contribution in [3.8, 4) is 5.69 Å². The summed E-state index contributed by atoms with van der Waals surface area (Å²) in [5.41, 5.74) is 1.22. The molecule has 2 aromatic carbocycles. The number of hydrogen-bond acceptors (Lipinski definition) is 4. The molecule has 0 fully saturated rings. The van der Waals surface area contributed by atoms with Gasteiger partial charge < -0.3 is 5.32 Å². The van der Waals surface area contributed by atoms with Crippen LogP contribution in [0.25, 0.3) is 5.69 Å². The molecule has 134 valence electrons. The first-order valence-corrected chi connectivity index (χ1v) is 9.27. The lowest BCUT2D eigenvalue weighted by molar-refractivity contribution is 0.102. The minimum atomic E-state index is -3.68. The number of benzene rings is 2. The largest absolute Gasteiger partial charge is 0.319 e. The maximum Gasteiger partial charge on any atom is 0.276 e. The highest BCUT2D eigenvalue weighted by atomic mass is 32.2. The van der Waals surface area contributed by atoms with E-state index in [4.69, 9.17) is 0 Å². The van der Waals surface area contributed by atoms with Crippen molar-refractivity contribution in [3.63, 3.8) is 0 Å². The molecular weight excluding hydrogens is 352 g/mol. The Kier molecular flexibility index (Phi) is 4.88. The quantitative estimate of drug-likeness (QED) is 0.747. The fraction of sp³-hybridized carbons (Fsp3) is 0.111. The molecule has 1 N–H and O–H groups in total. The average Bonchev–Trinajstić information content (AvgIpc) is 3.13. The molecule has 0 aliphatic heterocycles. The van der Waals surface area contributed by atoms with Gasteiger partial charge >= 0.3 is 0 Å². The van der Waals surface area contributed by atoms with Crippen LogP contribution in [0.4, 0.5) is 5.69 Å². The zero-order valence-corrected chi connectivity index (χ0v) is 15.1. The zero-order valence-electron chi connectivity index (χ0n) is 14.3. The molecule has 8 heteroatoms. The Bertz CT molecular complexity index is 1030. The van der Waals surface area contributed by atoms with Crippen LogP contribution < -0.4 is 5.32 Å². The van der Waals surface area contributed by atoms with Crippen molar-refractivity contribution >= 4 is 21.6 Å². The number of anilines is 1. The second-order valence-corrected chi connectivity index (χ2v) is 7.84. The fourth-order valence-corrected chi connectivity index (χ4v) is 3.39. The Morgan fingerprint density at radius 1 is 1.00 bits per heavy atom. The topological polar surface area (TPSA) is 84.3 Å². The van der Waals surface area contributed by atoms with Crippen LogP contribution in [0.5, 0.6) is 0 Å². The third-order valence-corrected chi connectivity index (χ3v) is 5.61. The average molecular weight is 370 g/mol. The number of hydrogen-bond donors (Lipinski definition) is 1. The van der Waals surface area contributed by atoms with Gasteiger partial charge in [-0.15, -0.1) is 0 Å². The molecule has 0 aliphatic carbocycles. The molecule has 0 bridgehead atoms. The summed E-state index contributed by atoms with van der Waals surface area (Å²) in [6.07, 6.45) is 1.67. The Balaban J connectivity index is 1.87. The van der Waals surface area contributed by atoms with Gasteiger partial charge in [0.05, 0.1) is 11.4 Å². The smallest absolute Gasteiger partial charge is 0.276 e. The molecule has 0 saturated carbocycles. The lowest BCUT2D eigenvalue weighted by Gasteiger charge is -2.15. The van der Waals surface area contributed by atoms with Gasteiger partial charge in [-0.25, -0.2) is 17.4 Å². The number of sulfonamides is 1. The molecule has 0 spiro atoms. The lowest BCUT2D eigenvalue weighted by atomic mass is 10.3. The van der Waals surface area contributed by atoms with Gasteiger partial charge in [0.15, 0.2) is 5.69 Å². The van der Waals surface area contributed by atoms with Gasteiger partial charge in [-0.3, -0.25) is 4.79 Å². The van der Waals surface area contributed by atoms with Crippen LogP contribution in [0.15, 0.2) is 71.8 Å². The maximum atomic E-state index is 12.5. The molecule has 0 aliphatic rings. The monoisotopic (exact) mass is 370 g/mol. The number of aromatic nitrogens is 2. The van der Waals surface area contributed by atoms with Crippen LogP contribution in [0, 0.1) is 0 Å². The van der Waals surface area contributed by atoms with Crippen molar-refractivity contribution in [2.75, 3.05) is 19.4 Å². The Labute approximate surface area is 151 Å². The predicted molar refractivity (Wildman–Crippen MR) is 98.8 cm³/mol. The van der Waals surface area contributed by atoms with Crippen molar-refractivity contribution in [2.24, 2.45) is 0 Å². The molecule has 3 rings (SSSR count). The molecule has 1 amide bonds. The number of para-hydroxylation sites is 2. The second-order valence-electron chi connectivity index (χ2n) is 5.72. The third kappa shape index (κ3) is 3.51. The molecule has 3 aromatic rings. The molecule has 0 saturated heterocycles. The minimum Gasteiger partial charge on any atom is -0.319 e. The molecular formula is C18H18N4O3S. The summed E-state index contributed by atoms with van der Waals surface area (Å²) in [5, 5.41) is 6.88. The van der Waals surface area contributed by atoms with Gasteiger partial charge in [0.1, 0.15) is 4.90 Å². The van der Waals surface area contributed by atoms with E-state index in [0.717, 1.165) is 9.99 Å². The summed E-state index contributed by atoms with van der Waals surface area (Å²) >= 11 is 0. The van der Waals surface area contributed by atoms with Crippen molar-refractivity contribution < 1.29 is 13.2 Å². The zero-order chi connectivity index (χ0) is 18.7. The van der Waals surface area contributed by atoms with Crippen molar-refractivity contribution in [2.45, 2.75) is 4.90 Å².